The monoisotopic (exact) mass is 153 g/mol. The summed E-state index contributed by atoms with van der Waals surface area (Å²) in [5.74, 6) is 0.113. The molecule has 0 bridgehead atoms. The first kappa shape index (κ1) is 7.37. The van der Waals surface area contributed by atoms with Crippen molar-refractivity contribution < 1.29 is 17.9 Å². The van der Waals surface area contributed by atoms with Crippen molar-refractivity contribution in [2.24, 2.45) is 4.99 Å². The quantitative estimate of drug-likeness (QED) is 0.515. The molecule has 58 valence electrons. The molecule has 0 unspecified atom stereocenters. The highest BCUT2D eigenvalue weighted by molar-refractivity contribution is 5.74. The zero-order chi connectivity index (χ0) is 7.78. The van der Waals surface area contributed by atoms with Gasteiger partial charge in [-0.2, -0.15) is 13.2 Å². The van der Waals surface area contributed by atoms with E-state index in [2.05, 4.69) is 9.73 Å². The van der Waals surface area contributed by atoms with E-state index in [0.29, 0.717) is 0 Å². The summed E-state index contributed by atoms with van der Waals surface area (Å²) < 4.78 is 39.8. The third-order valence-corrected chi connectivity index (χ3v) is 1.17. The number of halogens is 3. The van der Waals surface area contributed by atoms with E-state index in [-0.39, 0.29) is 12.5 Å². The smallest absolute Gasteiger partial charge is 0.414 e. The highest BCUT2D eigenvalue weighted by Gasteiger charge is 2.42. The molecule has 0 fully saturated rings. The second kappa shape index (κ2) is 2.14. The second-order valence-corrected chi connectivity index (χ2v) is 2.02. The first-order valence-electron chi connectivity index (χ1n) is 2.74. The number of hydrogen-bond acceptors (Lipinski definition) is 2. The summed E-state index contributed by atoms with van der Waals surface area (Å²) in [4.78, 5) is 3.23. The molecule has 0 saturated heterocycles. The molecule has 0 aromatic heterocycles. The predicted octanol–water partition coefficient (Wildman–Crippen LogP) is 1.37. The summed E-state index contributed by atoms with van der Waals surface area (Å²) in [6.07, 6.45) is -4.25. The molecule has 0 spiro atoms. The second-order valence-electron chi connectivity index (χ2n) is 2.02. The Labute approximate surface area is 55.7 Å². The third kappa shape index (κ3) is 1.40. The molecule has 0 aliphatic carbocycles. The molecule has 0 saturated carbocycles. The van der Waals surface area contributed by atoms with E-state index >= 15 is 0 Å². The van der Waals surface area contributed by atoms with Gasteiger partial charge in [0, 0.05) is 6.92 Å². The molecule has 10 heavy (non-hydrogen) atoms. The molecule has 1 heterocycles. The molecule has 1 rings (SSSR count). The molecule has 1 atom stereocenters. The summed E-state index contributed by atoms with van der Waals surface area (Å²) in [6.45, 7) is 1.04. The van der Waals surface area contributed by atoms with Crippen molar-refractivity contribution in [3.05, 3.63) is 0 Å². The zero-order valence-corrected chi connectivity index (χ0v) is 5.27. The molecule has 1 aliphatic heterocycles. The van der Waals surface area contributed by atoms with E-state index in [0.717, 1.165) is 0 Å². The first-order valence-corrected chi connectivity index (χ1v) is 2.74. The summed E-state index contributed by atoms with van der Waals surface area (Å²) in [5.41, 5.74) is 0. The van der Waals surface area contributed by atoms with Crippen LogP contribution in [0.2, 0.25) is 0 Å². The minimum atomic E-state index is -4.25. The fraction of sp³-hybridized carbons (Fsp3) is 0.800. The molecule has 2 nitrogen and oxygen atoms in total. The van der Waals surface area contributed by atoms with Crippen molar-refractivity contribution in [2.75, 3.05) is 6.61 Å². The van der Waals surface area contributed by atoms with E-state index in [1.165, 1.54) is 6.92 Å². The molecule has 0 amide bonds. The summed E-state index contributed by atoms with van der Waals surface area (Å²) in [5, 5.41) is 0. The van der Waals surface area contributed by atoms with Gasteiger partial charge in [-0.1, -0.05) is 0 Å². The molecule has 5 heteroatoms. The minimum Gasteiger partial charge on any atom is -0.479 e. The van der Waals surface area contributed by atoms with E-state index < -0.39 is 12.2 Å². The lowest BCUT2D eigenvalue weighted by atomic mass is 10.3. The van der Waals surface area contributed by atoms with Crippen LogP contribution in [0.5, 0.6) is 0 Å². The molecular formula is C5H6F3NO. The van der Waals surface area contributed by atoms with Crippen LogP contribution in [0.15, 0.2) is 4.99 Å². The third-order valence-electron chi connectivity index (χ3n) is 1.17. The minimum absolute atomic E-state index is 0.113. The van der Waals surface area contributed by atoms with Gasteiger partial charge in [0.1, 0.15) is 6.61 Å². The van der Waals surface area contributed by atoms with Crippen molar-refractivity contribution in [3.63, 3.8) is 0 Å². The highest BCUT2D eigenvalue weighted by atomic mass is 19.4. The summed E-state index contributed by atoms with van der Waals surface area (Å²) >= 11 is 0. The van der Waals surface area contributed by atoms with Gasteiger partial charge in [-0.15, -0.1) is 0 Å². The van der Waals surface area contributed by atoms with E-state index in [4.69, 9.17) is 0 Å². The Kier molecular flexibility index (Phi) is 1.58. The Bertz CT molecular complexity index is 163. The van der Waals surface area contributed by atoms with Crippen LogP contribution < -0.4 is 0 Å². The van der Waals surface area contributed by atoms with Gasteiger partial charge in [-0.05, 0) is 0 Å². The lowest BCUT2D eigenvalue weighted by Gasteiger charge is -2.08. The van der Waals surface area contributed by atoms with Gasteiger partial charge in [0.2, 0.25) is 0 Å². The topological polar surface area (TPSA) is 21.6 Å². The van der Waals surface area contributed by atoms with Gasteiger partial charge >= 0.3 is 6.18 Å². The van der Waals surface area contributed by atoms with Crippen molar-refractivity contribution in [1.82, 2.24) is 0 Å². The maximum absolute atomic E-state index is 11.7. The van der Waals surface area contributed by atoms with Crippen LogP contribution >= 0.6 is 0 Å². The molecule has 0 radical (unpaired) electrons. The van der Waals surface area contributed by atoms with Crippen molar-refractivity contribution in [3.8, 4) is 0 Å². The van der Waals surface area contributed by atoms with Crippen LogP contribution in [0.3, 0.4) is 0 Å². The number of rotatable bonds is 0. The lowest BCUT2D eigenvalue weighted by Crippen LogP contribution is -2.27. The van der Waals surface area contributed by atoms with Crippen LogP contribution in [0, 0.1) is 0 Å². The predicted molar refractivity (Wildman–Crippen MR) is 28.9 cm³/mol. The van der Waals surface area contributed by atoms with Gasteiger partial charge < -0.3 is 4.74 Å². The average Bonchev–Trinajstić information content (AvgIpc) is 2.11. The number of hydrogen-bond donors (Lipinski definition) is 0. The Hall–Kier alpha value is -0.740. The Morgan fingerprint density at radius 3 is 2.40 bits per heavy atom. The van der Waals surface area contributed by atoms with Crippen LogP contribution in [-0.4, -0.2) is 24.7 Å². The van der Waals surface area contributed by atoms with Crippen molar-refractivity contribution in [1.29, 1.82) is 0 Å². The van der Waals surface area contributed by atoms with Crippen LogP contribution in [0.1, 0.15) is 6.92 Å². The fourth-order valence-corrected chi connectivity index (χ4v) is 0.661. The van der Waals surface area contributed by atoms with Crippen LogP contribution in [-0.2, 0) is 4.74 Å². The molecule has 0 aromatic carbocycles. The van der Waals surface area contributed by atoms with Gasteiger partial charge in [0.15, 0.2) is 11.9 Å². The molecular weight excluding hydrogens is 147 g/mol. The summed E-state index contributed by atoms with van der Waals surface area (Å²) in [7, 11) is 0. The van der Waals surface area contributed by atoms with Gasteiger partial charge in [-0.25, -0.2) is 4.99 Å². The van der Waals surface area contributed by atoms with Crippen molar-refractivity contribution in [2.45, 2.75) is 19.1 Å². The Morgan fingerprint density at radius 1 is 1.60 bits per heavy atom. The van der Waals surface area contributed by atoms with Crippen LogP contribution in [0.4, 0.5) is 13.2 Å². The zero-order valence-electron chi connectivity index (χ0n) is 5.27. The maximum atomic E-state index is 11.7. The first-order chi connectivity index (χ1) is 4.50. The van der Waals surface area contributed by atoms with Gasteiger partial charge in [-0.3, -0.25) is 0 Å². The van der Waals surface area contributed by atoms with E-state index in [1.54, 1.807) is 0 Å². The lowest BCUT2D eigenvalue weighted by molar-refractivity contribution is -0.149. The SMILES string of the molecule is CC1=N[C@@H](C(F)(F)F)CO1. The number of nitrogens with zero attached hydrogens (tertiary/aromatic N) is 1. The van der Waals surface area contributed by atoms with Gasteiger partial charge in [0.25, 0.3) is 0 Å². The standard InChI is InChI=1S/C5H6F3NO/c1-3-9-4(2-10-3)5(6,7)8/h4H,2H2,1H3/t4-/m1/s1. The largest absolute Gasteiger partial charge is 0.479 e. The normalized spacial score (nSPS) is 26.0. The van der Waals surface area contributed by atoms with Gasteiger partial charge in [0.05, 0.1) is 0 Å². The van der Waals surface area contributed by atoms with E-state index in [9.17, 15) is 13.2 Å². The highest BCUT2D eigenvalue weighted by Crippen LogP contribution is 2.25. The molecule has 0 aromatic rings. The fourth-order valence-electron chi connectivity index (χ4n) is 0.661. The molecule has 0 N–H and O–H groups in total. The van der Waals surface area contributed by atoms with E-state index in [1.807, 2.05) is 0 Å². The van der Waals surface area contributed by atoms with Crippen molar-refractivity contribution >= 4 is 5.90 Å². The molecule has 1 aliphatic rings. The maximum Gasteiger partial charge on any atom is 0.414 e. The number of aliphatic imine (C=N–C) groups is 1. The average molecular weight is 153 g/mol. The summed E-state index contributed by atoms with van der Waals surface area (Å²) in [6, 6.07) is -1.65. The number of alkyl halides is 3. The number of ether oxygens (including phenoxy) is 1. The Morgan fingerprint density at radius 2 is 2.20 bits per heavy atom. The Balaban J connectivity index is 2.61. The van der Waals surface area contributed by atoms with Crippen LogP contribution in [0.25, 0.3) is 0 Å².